The zero-order chi connectivity index (χ0) is 17.3. The lowest BCUT2D eigenvalue weighted by Gasteiger charge is -2.05. The van der Waals surface area contributed by atoms with Gasteiger partial charge in [0.1, 0.15) is 5.01 Å². The lowest BCUT2D eigenvalue weighted by molar-refractivity contribution is -0.255. The van der Waals surface area contributed by atoms with Crippen LogP contribution in [0.3, 0.4) is 0 Å². The second-order valence-electron chi connectivity index (χ2n) is 4.81. The van der Waals surface area contributed by atoms with Gasteiger partial charge in [0.05, 0.1) is 27.2 Å². The summed E-state index contributed by atoms with van der Waals surface area (Å²) in [5.74, 6) is -1.56. The maximum absolute atomic E-state index is 12.5. The highest BCUT2D eigenvalue weighted by molar-refractivity contribution is 7.90. The van der Waals surface area contributed by atoms with Gasteiger partial charge in [-0.05, 0) is 41.3 Å². The van der Waals surface area contributed by atoms with Crippen molar-refractivity contribution in [3.8, 4) is 9.88 Å². The number of thiophene rings is 1. The number of carbonyl (C=O) groups excluding carboxylic acids is 1. The fraction of sp³-hybridized carbons (Fsp3) is 0.0667. The first-order valence-corrected chi connectivity index (χ1v) is 10.4. The number of carboxylic acids is 1. The summed E-state index contributed by atoms with van der Waals surface area (Å²) in [7, 11) is -3.54. The summed E-state index contributed by atoms with van der Waals surface area (Å²) in [5, 5.41) is 14.9. The molecule has 24 heavy (non-hydrogen) atoms. The Morgan fingerprint density at radius 3 is 2.50 bits per heavy atom. The first kappa shape index (κ1) is 17.1. The van der Waals surface area contributed by atoms with Crippen molar-refractivity contribution in [1.82, 2.24) is 4.98 Å². The molecular weight excluding hydrogens is 390 g/mol. The molecule has 5 nitrogen and oxygen atoms in total. The van der Waals surface area contributed by atoms with Gasteiger partial charge in [0.25, 0.3) is 0 Å². The molecule has 0 bridgehead atoms. The van der Waals surface area contributed by atoms with Crippen LogP contribution in [0.2, 0.25) is 5.02 Å². The van der Waals surface area contributed by atoms with Gasteiger partial charge in [0.15, 0.2) is 9.84 Å². The molecular formula is C15H9ClNO4S3-. The molecule has 0 aliphatic carbocycles. The molecule has 0 spiro atoms. The highest BCUT2D eigenvalue weighted by atomic mass is 35.5. The summed E-state index contributed by atoms with van der Waals surface area (Å²) < 4.78 is 25.1. The van der Waals surface area contributed by atoms with Crippen LogP contribution in [0.4, 0.5) is 0 Å². The Kier molecular flexibility index (Phi) is 4.73. The Labute approximate surface area is 151 Å². The summed E-state index contributed by atoms with van der Waals surface area (Å²) in [4.78, 5) is 15.6. The number of hydrogen-bond donors (Lipinski definition) is 0. The summed E-state index contributed by atoms with van der Waals surface area (Å²) in [6.07, 6.45) is 0. The van der Waals surface area contributed by atoms with E-state index in [2.05, 4.69) is 4.98 Å². The number of halogens is 1. The van der Waals surface area contributed by atoms with Crippen molar-refractivity contribution in [3.63, 3.8) is 0 Å². The number of benzene rings is 1. The van der Waals surface area contributed by atoms with Crippen molar-refractivity contribution >= 4 is 50.1 Å². The zero-order valence-electron chi connectivity index (χ0n) is 11.9. The largest absolute Gasteiger partial charge is 0.543 e. The smallest absolute Gasteiger partial charge is 0.182 e. The van der Waals surface area contributed by atoms with Crippen LogP contribution in [0.25, 0.3) is 9.88 Å². The lowest BCUT2D eigenvalue weighted by atomic mass is 10.3. The average Bonchev–Trinajstić information content (AvgIpc) is 3.15. The minimum absolute atomic E-state index is 0.157. The molecule has 0 N–H and O–H groups in total. The number of rotatable bonds is 5. The molecule has 3 rings (SSSR count). The number of thiazole rings is 1. The Bertz CT molecular complexity index is 990. The Hall–Kier alpha value is -1.74. The van der Waals surface area contributed by atoms with Gasteiger partial charge in [0, 0.05) is 10.4 Å². The molecule has 124 valence electrons. The molecule has 0 unspecified atom stereocenters. The Morgan fingerprint density at radius 2 is 1.88 bits per heavy atom. The molecule has 0 fully saturated rings. The number of aromatic nitrogens is 1. The van der Waals surface area contributed by atoms with E-state index < -0.39 is 15.8 Å². The van der Waals surface area contributed by atoms with E-state index in [0.29, 0.717) is 20.5 Å². The molecule has 0 saturated carbocycles. The van der Waals surface area contributed by atoms with E-state index in [1.54, 1.807) is 11.4 Å². The second kappa shape index (κ2) is 6.64. The molecule has 0 atom stereocenters. The number of hydrogen-bond acceptors (Lipinski definition) is 7. The first-order valence-electron chi connectivity index (χ1n) is 6.59. The number of carbonyl (C=O) groups is 1. The minimum atomic E-state index is -3.54. The molecule has 1 aromatic carbocycles. The first-order chi connectivity index (χ1) is 11.4. The average molecular weight is 399 g/mol. The van der Waals surface area contributed by atoms with Crippen LogP contribution >= 0.6 is 34.3 Å². The van der Waals surface area contributed by atoms with E-state index in [-0.39, 0.29) is 16.3 Å². The van der Waals surface area contributed by atoms with Gasteiger partial charge in [-0.15, -0.1) is 22.7 Å². The third-order valence-electron chi connectivity index (χ3n) is 3.17. The number of nitrogens with zero attached hydrogens (tertiary/aromatic N) is 1. The zero-order valence-corrected chi connectivity index (χ0v) is 15.1. The van der Waals surface area contributed by atoms with Crippen LogP contribution in [-0.4, -0.2) is 19.4 Å². The summed E-state index contributed by atoms with van der Waals surface area (Å²) in [5.41, 5.74) is 0.420. The van der Waals surface area contributed by atoms with Crippen molar-refractivity contribution in [2.75, 3.05) is 0 Å². The summed E-state index contributed by atoms with van der Waals surface area (Å²) in [6, 6.07) is 7.67. The predicted octanol–water partition coefficient (Wildman–Crippen LogP) is 2.86. The minimum Gasteiger partial charge on any atom is -0.543 e. The van der Waals surface area contributed by atoms with Gasteiger partial charge >= 0.3 is 0 Å². The van der Waals surface area contributed by atoms with Crippen LogP contribution in [0, 0.1) is 0 Å². The van der Waals surface area contributed by atoms with Crippen LogP contribution in [0.1, 0.15) is 16.1 Å². The summed E-state index contributed by atoms with van der Waals surface area (Å²) in [6.45, 7) is 0. The Balaban J connectivity index is 1.92. The van der Waals surface area contributed by atoms with Crippen molar-refractivity contribution < 1.29 is 18.3 Å². The Morgan fingerprint density at radius 1 is 1.17 bits per heavy atom. The molecule has 0 saturated heterocycles. The normalized spacial score (nSPS) is 11.5. The van der Waals surface area contributed by atoms with Gasteiger partial charge in [-0.2, -0.15) is 0 Å². The third kappa shape index (κ3) is 3.51. The van der Waals surface area contributed by atoms with Gasteiger partial charge in [-0.3, -0.25) is 0 Å². The SMILES string of the molecule is O=C([O-])c1csc(-c2sccc2CS(=O)(=O)c2ccc(Cl)cc2)n1. The van der Waals surface area contributed by atoms with E-state index in [1.807, 2.05) is 0 Å². The van der Waals surface area contributed by atoms with E-state index >= 15 is 0 Å². The van der Waals surface area contributed by atoms with E-state index in [0.717, 1.165) is 11.3 Å². The van der Waals surface area contributed by atoms with Gasteiger partial charge in [-0.25, -0.2) is 13.4 Å². The van der Waals surface area contributed by atoms with Crippen molar-refractivity contribution in [1.29, 1.82) is 0 Å². The van der Waals surface area contributed by atoms with Crippen molar-refractivity contribution in [2.45, 2.75) is 10.6 Å². The highest BCUT2D eigenvalue weighted by Gasteiger charge is 2.20. The maximum Gasteiger partial charge on any atom is 0.182 e. The predicted molar refractivity (Wildman–Crippen MR) is 92.1 cm³/mol. The topological polar surface area (TPSA) is 87.2 Å². The molecule has 2 aromatic heterocycles. The van der Waals surface area contributed by atoms with Gasteiger partial charge < -0.3 is 9.90 Å². The number of sulfone groups is 1. The molecule has 3 aromatic rings. The number of aromatic carboxylic acids is 1. The fourth-order valence-electron chi connectivity index (χ4n) is 2.04. The second-order valence-corrected chi connectivity index (χ2v) is 9.01. The summed E-state index contributed by atoms with van der Waals surface area (Å²) >= 11 is 8.24. The monoisotopic (exact) mass is 398 g/mol. The molecule has 0 radical (unpaired) electrons. The lowest BCUT2D eigenvalue weighted by Crippen LogP contribution is -2.22. The molecule has 9 heteroatoms. The van der Waals surface area contributed by atoms with Crippen molar-refractivity contribution in [3.05, 3.63) is 57.4 Å². The standard InChI is InChI=1S/C15H10ClNO4S3/c16-10-1-3-11(4-2-10)24(20,21)8-9-5-6-22-13(9)14-17-12(7-23-14)15(18)19/h1-7H,8H2,(H,18,19)/p-1. The maximum atomic E-state index is 12.5. The third-order valence-corrected chi connectivity index (χ3v) is 7.06. The molecule has 0 amide bonds. The van der Waals surface area contributed by atoms with Crippen LogP contribution in [-0.2, 0) is 15.6 Å². The number of carboxylic acid groups (broad SMARTS) is 1. The van der Waals surface area contributed by atoms with Crippen LogP contribution in [0.5, 0.6) is 0 Å². The van der Waals surface area contributed by atoms with Crippen LogP contribution < -0.4 is 5.11 Å². The van der Waals surface area contributed by atoms with Crippen LogP contribution in [0.15, 0.2) is 46.0 Å². The highest BCUT2D eigenvalue weighted by Crippen LogP contribution is 2.34. The molecule has 0 aliphatic rings. The van der Waals surface area contributed by atoms with E-state index in [1.165, 1.54) is 41.0 Å². The molecule has 2 heterocycles. The van der Waals surface area contributed by atoms with Gasteiger partial charge in [0.2, 0.25) is 0 Å². The molecule has 0 aliphatic heterocycles. The van der Waals surface area contributed by atoms with E-state index in [4.69, 9.17) is 11.6 Å². The fourth-order valence-corrected chi connectivity index (χ4v) is 5.48. The van der Waals surface area contributed by atoms with Crippen molar-refractivity contribution in [2.24, 2.45) is 0 Å². The van der Waals surface area contributed by atoms with Gasteiger partial charge in [-0.1, -0.05) is 11.6 Å². The quantitative estimate of drug-likeness (QED) is 0.659. The van der Waals surface area contributed by atoms with E-state index in [9.17, 15) is 18.3 Å².